The highest BCUT2D eigenvalue weighted by Crippen LogP contribution is 2.15. The molecule has 0 amide bonds. The van der Waals surface area contributed by atoms with E-state index in [4.69, 9.17) is 4.74 Å². The van der Waals surface area contributed by atoms with Gasteiger partial charge in [0.25, 0.3) is 0 Å². The van der Waals surface area contributed by atoms with E-state index in [-0.39, 0.29) is 6.10 Å². The van der Waals surface area contributed by atoms with Gasteiger partial charge in [0.1, 0.15) is 12.4 Å². The van der Waals surface area contributed by atoms with E-state index in [1.165, 1.54) is 0 Å². The van der Waals surface area contributed by atoms with Crippen molar-refractivity contribution in [2.75, 3.05) is 19.7 Å². The second kappa shape index (κ2) is 3.85. The Morgan fingerprint density at radius 2 is 2.69 bits per heavy atom. The molecule has 1 aliphatic rings. The van der Waals surface area contributed by atoms with E-state index < -0.39 is 0 Å². The quantitative estimate of drug-likeness (QED) is 0.697. The van der Waals surface area contributed by atoms with Crippen molar-refractivity contribution in [3.8, 4) is 0 Å². The molecular weight excluding hydrogens is 168 g/mol. The third-order valence-electron chi connectivity index (χ3n) is 2.20. The molecule has 1 aromatic rings. The van der Waals surface area contributed by atoms with Crippen LogP contribution in [0.3, 0.4) is 0 Å². The molecular formula is C8H14N4O. The zero-order valence-corrected chi connectivity index (χ0v) is 7.73. The summed E-state index contributed by atoms with van der Waals surface area (Å²) in [6.07, 6.45) is 1.81. The van der Waals surface area contributed by atoms with Crippen molar-refractivity contribution >= 4 is 0 Å². The first-order chi connectivity index (χ1) is 6.42. The molecule has 13 heavy (non-hydrogen) atoms. The molecule has 5 nitrogen and oxygen atoms in total. The Labute approximate surface area is 77.1 Å². The van der Waals surface area contributed by atoms with Crippen LogP contribution in [0.5, 0.6) is 0 Å². The van der Waals surface area contributed by atoms with Gasteiger partial charge in [-0.1, -0.05) is 0 Å². The Bertz CT molecular complexity index is 267. The SMILES string of the molecule is CCn1cnnc1[C@H]1CNCCO1. The smallest absolute Gasteiger partial charge is 0.163 e. The fourth-order valence-corrected chi connectivity index (χ4v) is 1.49. The summed E-state index contributed by atoms with van der Waals surface area (Å²) in [5.74, 6) is 0.926. The van der Waals surface area contributed by atoms with Crippen LogP contribution in [0.2, 0.25) is 0 Å². The summed E-state index contributed by atoms with van der Waals surface area (Å²) < 4.78 is 7.59. The molecule has 1 aliphatic heterocycles. The maximum atomic E-state index is 5.58. The fourth-order valence-electron chi connectivity index (χ4n) is 1.49. The predicted octanol–water partition coefficient (Wildman–Crippen LogP) is -0.0411. The monoisotopic (exact) mass is 182 g/mol. The molecule has 0 aliphatic carbocycles. The highest BCUT2D eigenvalue weighted by Gasteiger charge is 2.20. The number of morpholine rings is 1. The van der Waals surface area contributed by atoms with Crippen molar-refractivity contribution in [2.45, 2.75) is 19.6 Å². The van der Waals surface area contributed by atoms with Crippen molar-refractivity contribution in [3.63, 3.8) is 0 Å². The van der Waals surface area contributed by atoms with Crippen LogP contribution < -0.4 is 5.32 Å². The van der Waals surface area contributed by atoms with Crippen molar-refractivity contribution in [1.82, 2.24) is 20.1 Å². The number of rotatable bonds is 2. The van der Waals surface area contributed by atoms with E-state index in [0.29, 0.717) is 0 Å². The number of hydrogen-bond donors (Lipinski definition) is 1. The number of hydrogen-bond acceptors (Lipinski definition) is 4. The van der Waals surface area contributed by atoms with Gasteiger partial charge >= 0.3 is 0 Å². The second-order valence-corrected chi connectivity index (χ2v) is 3.04. The van der Waals surface area contributed by atoms with Crippen LogP contribution in [-0.2, 0) is 11.3 Å². The van der Waals surface area contributed by atoms with Crippen LogP contribution in [0.4, 0.5) is 0 Å². The van der Waals surface area contributed by atoms with Crippen LogP contribution in [0.1, 0.15) is 18.9 Å². The summed E-state index contributed by atoms with van der Waals surface area (Å²) >= 11 is 0. The molecule has 72 valence electrons. The number of ether oxygens (including phenoxy) is 1. The van der Waals surface area contributed by atoms with Gasteiger partial charge in [-0.2, -0.15) is 0 Å². The van der Waals surface area contributed by atoms with Crippen molar-refractivity contribution < 1.29 is 4.74 Å². The van der Waals surface area contributed by atoms with E-state index in [9.17, 15) is 0 Å². The Morgan fingerprint density at radius 3 is 3.38 bits per heavy atom. The molecule has 2 heterocycles. The first-order valence-electron chi connectivity index (χ1n) is 4.62. The summed E-state index contributed by atoms with van der Waals surface area (Å²) in [6, 6.07) is 0. The normalized spacial score (nSPS) is 23.3. The lowest BCUT2D eigenvalue weighted by atomic mass is 10.3. The molecule has 1 fully saturated rings. The molecule has 0 aromatic carbocycles. The lowest BCUT2D eigenvalue weighted by molar-refractivity contribution is 0.0198. The average Bonchev–Trinajstić information content (AvgIpc) is 2.67. The number of aryl methyl sites for hydroxylation is 1. The predicted molar refractivity (Wildman–Crippen MR) is 47.3 cm³/mol. The molecule has 1 atom stereocenters. The van der Waals surface area contributed by atoms with E-state index in [1.54, 1.807) is 6.33 Å². The van der Waals surface area contributed by atoms with Gasteiger partial charge in [-0.05, 0) is 6.92 Å². The van der Waals surface area contributed by atoms with Gasteiger partial charge in [0, 0.05) is 19.6 Å². The fraction of sp³-hybridized carbons (Fsp3) is 0.750. The molecule has 1 saturated heterocycles. The number of nitrogens with zero attached hydrogens (tertiary/aromatic N) is 3. The largest absolute Gasteiger partial charge is 0.368 e. The Morgan fingerprint density at radius 1 is 1.77 bits per heavy atom. The van der Waals surface area contributed by atoms with Gasteiger partial charge < -0.3 is 14.6 Å². The minimum Gasteiger partial charge on any atom is -0.368 e. The van der Waals surface area contributed by atoms with Crippen molar-refractivity contribution in [1.29, 1.82) is 0 Å². The molecule has 0 radical (unpaired) electrons. The first kappa shape index (κ1) is 8.65. The van der Waals surface area contributed by atoms with Crippen LogP contribution in [0.25, 0.3) is 0 Å². The maximum Gasteiger partial charge on any atom is 0.163 e. The Kier molecular flexibility index (Phi) is 2.56. The first-order valence-corrected chi connectivity index (χ1v) is 4.62. The van der Waals surface area contributed by atoms with Gasteiger partial charge in [-0.3, -0.25) is 0 Å². The standard InChI is InChI=1S/C8H14N4O/c1-2-12-6-10-11-8(12)7-5-9-3-4-13-7/h6-7,9H,2-5H2,1H3/t7-/m1/s1. The van der Waals surface area contributed by atoms with E-state index >= 15 is 0 Å². The lowest BCUT2D eigenvalue weighted by Crippen LogP contribution is -2.34. The number of aromatic nitrogens is 3. The minimum absolute atomic E-state index is 0.0659. The van der Waals surface area contributed by atoms with Gasteiger partial charge in [-0.15, -0.1) is 10.2 Å². The topological polar surface area (TPSA) is 52.0 Å². The third kappa shape index (κ3) is 1.71. The molecule has 0 saturated carbocycles. The van der Waals surface area contributed by atoms with E-state index in [2.05, 4.69) is 22.4 Å². The Hall–Kier alpha value is -0.940. The molecule has 5 heteroatoms. The molecule has 0 bridgehead atoms. The highest BCUT2D eigenvalue weighted by atomic mass is 16.5. The van der Waals surface area contributed by atoms with Crippen LogP contribution in [-0.4, -0.2) is 34.5 Å². The average molecular weight is 182 g/mol. The van der Waals surface area contributed by atoms with Gasteiger partial charge in [0.05, 0.1) is 6.61 Å². The zero-order valence-electron chi connectivity index (χ0n) is 7.73. The molecule has 1 N–H and O–H groups in total. The Balaban J connectivity index is 2.13. The summed E-state index contributed by atoms with van der Waals surface area (Å²) in [6.45, 7) is 5.47. The minimum atomic E-state index is 0.0659. The van der Waals surface area contributed by atoms with Gasteiger partial charge in [0.15, 0.2) is 5.82 Å². The van der Waals surface area contributed by atoms with Crippen molar-refractivity contribution in [2.24, 2.45) is 0 Å². The summed E-state index contributed by atoms with van der Waals surface area (Å²) in [7, 11) is 0. The zero-order chi connectivity index (χ0) is 9.10. The molecule has 0 unspecified atom stereocenters. The summed E-state index contributed by atoms with van der Waals surface area (Å²) in [4.78, 5) is 0. The van der Waals surface area contributed by atoms with E-state index in [0.717, 1.165) is 32.1 Å². The van der Waals surface area contributed by atoms with E-state index in [1.807, 2.05) is 4.57 Å². The molecule has 2 rings (SSSR count). The lowest BCUT2D eigenvalue weighted by Gasteiger charge is -2.22. The molecule has 0 spiro atoms. The summed E-state index contributed by atoms with van der Waals surface area (Å²) in [5.41, 5.74) is 0. The van der Waals surface area contributed by atoms with Crippen LogP contribution in [0, 0.1) is 0 Å². The third-order valence-corrected chi connectivity index (χ3v) is 2.20. The highest BCUT2D eigenvalue weighted by molar-refractivity contribution is 4.93. The van der Waals surface area contributed by atoms with Crippen LogP contribution >= 0.6 is 0 Å². The summed E-state index contributed by atoms with van der Waals surface area (Å²) in [5, 5.41) is 11.2. The maximum absolute atomic E-state index is 5.58. The van der Waals surface area contributed by atoms with Gasteiger partial charge in [-0.25, -0.2) is 0 Å². The number of nitrogens with one attached hydrogen (secondary N) is 1. The van der Waals surface area contributed by atoms with Crippen molar-refractivity contribution in [3.05, 3.63) is 12.2 Å². The second-order valence-electron chi connectivity index (χ2n) is 3.04. The van der Waals surface area contributed by atoms with Crippen LogP contribution in [0.15, 0.2) is 6.33 Å². The van der Waals surface area contributed by atoms with Gasteiger partial charge in [0.2, 0.25) is 0 Å². The molecule has 1 aromatic heterocycles.